The van der Waals surface area contributed by atoms with Crippen molar-refractivity contribution in [2.24, 2.45) is 0 Å². The minimum Gasteiger partial charge on any atom is -0.394 e. The number of rotatable bonds is 6. The van der Waals surface area contributed by atoms with Crippen molar-refractivity contribution in [2.75, 3.05) is 13.7 Å². The standard InChI is InChI=1S/C20H26N4O3/c1-21-19(26)16-12-17(20(27)22-15-10-6-3-7-11-15)24(23-16)18(13-25)14-8-4-2-5-9-14/h2,4-5,8-9,12,15,18,25H,3,6-7,10-11,13H2,1H3,(H,21,26)(H,22,27)/t18-/m0/s1. The number of aliphatic hydroxyl groups is 1. The first-order chi connectivity index (χ1) is 13.1. The second kappa shape index (κ2) is 8.81. The third-order valence-electron chi connectivity index (χ3n) is 5.02. The monoisotopic (exact) mass is 370 g/mol. The maximum Gasteiger partial charge on any atom is 0.271 e. The van der Waals surface area contributed by atoms with Gasteiger partial charge in [0, 0.05) is 19.2 Å². The quantitative estimate of drug-likeness (QED) is 0.723. The molecule has 1 aliphatic rings. The molecule has 2 amide bonds. The van der Waals surface area contributed by atoms with Crippen molar-refractivity contribution < 1.29 is 14.7 Å². The van der Waals surface area contributed by atoms with Crippen LogP contribution < -0.4 is 10.6 Å². The van der Waals surface area contributed by atoms with E-state index in [1.165, 1.54) is 24.2 Å². The second-order valence-corrected chi connectivity index (χ2v) is 6.86. The summed E-state index contributed by atoms with van der Waals surface area (Å²) in [5.41, 5.74) is 1.25. The molecule has 1 aromatic carbocycles. The molecule has 7 nitrogen and oxygen atoms in total. The van der Waals surface area contributed by atoms with E-state index in [1.807, 2.05) is 30.3 Å². The summed E-state index contributed by atoms with van der Waals surface area (Å²) in [5.74, 6) is -0.635. The molecule has 2 aromatic rings. The van der Waals surface area contributed by atoms with Gasteiger partial charge in [0.05, 0.1) is 6.61 Å². The molecule has 144 valence electrons. The largest absolute Gasteiger partial charge is 0.394 e. The van der Waals surface area contributed by atoms with Crippen LogP contribution >= 0.6 is 0 Å². The molecule has 3 N–H and O–H groups in total. The summed E-state index contributed by atoms with van der Waals surface area (Å²) in [6, 6.07) is 10.4. The second-order valence-electron chi connectivity index (χ2n) is 6.86. The molecule has 1 fully saturated rings. The van der Waals surface area contributed by atoms with Crippen LogP contribution in [0.5, 0.6) is 0 Å². The van der Waals surface area contributed by atoms with Crippen molar-refractivity contribution in [3.05, 3.63) is 53.3 Å². The van der Waals surface area contributed by atoms with Crippen LogP contribution in [-0.4, -0.2) is 46.4 Å². The summed E-state index contributed by atoms with van der Waals surface area (Å²) < 4.78 is 1.46. The van der Waals surface area contributed by atoms with Crippen molar-refractivity contribution in [3.63, 3.8) is 0 Å². The number of nitrogens with one attached hydrogen (secondary N) is 2. The van der Waals surface area contributed by atoms with Gasteiger partial charge in [-0.2, -0.15) is 5.10 Å². The van der Waals surface area contributed by atoms with E-state index in [1.54, 1.807) is 0 Å². The van der Waals surface area contributed by atoms with Crippen LogP contribution in [0.3, 0.4) is 0 Å². The molecule has 1 heterocycles. The van der Waals surface area contributed by atoms with Crippen LogP contribution in [0.4, 0.5) is 0 Å². The molecule has 1 saturated carbocycles. The molecule has 7 heteroatoms. The van der Waals surface area contributed by atoms with Gasteiger partial charge in [0.2, 0.25) is 0 Å². The highest BCUT2D eigenvalue weighted by Gasteiger charge is 2.26. The fourth-order valence-corrected chi connectivity index (χ4v) is 3.55. The number of hydrogen-bond donors (Lipinski definition) is 3. The molecule has 0 saturated heterocycles. The Morgan fingerprint density at radius 1 is 1.19 bits per heavy atom. The van der Waals surface area contributed by atoms with Gasteiger partial charge in [-0.15, -0.1) is 0 Å². The normalized spacial score (nSPS) is 15.9. The van der Waals surface area contributed by atoms with E-state index in [0.717, 1.165) is 31.2 Å². The minimum atomic E-state index is -0.545. The number of carbonyl (C=O) groups is 2. The number of carbonyl (C=O) groups excluding carboxylic acids is 2. The molecule has 1 aliphatic carbocycles. The lowest BCUT2D eigenvalue weighted by atomic mass is 9.95. The number of aliphatic hydroxyl groups excluding tert-OH is 1. The predicted molar refractivity (Wildman–Crippen MR) is 102 cm³/mol. The van der Waals surface area contributed by atoms with Crippen LogP contribution in [-0.2, 0) is 0 Å². The van der Waals surface area contributed by atoms with Crippen LogP contribution in [0.1, 0.15) is 64.7 Å². The number of amides is 2. The summed E-state index contributed by atoms with van der Waals surface area (Å²) in [5, 5.41) is 19.9. The third-order valence-corrected chi connectivity index (χ3v) is 5.02. The Balaban J connectivity index is 1.94. The summed E-state index contributed by atoms with van der Waals surface area (Å²) in [7, 11) is 1.52. The first-order valence-electron chi connectivity index (χ1n) is 9.42. The number of hydrogen-bond acceptors (Lipinski definition) is 4. The third kappa shape index (κ3) is 4.36. The highest BCUT2D eigenvalue weighted by Crippen LogP contribution is 2.22. The van der Waals surface area contributed by atoms with E-state index in [4.69, 9.17) is 0 Å². The molecule has 3 rings (SSSR count). The zero-order valence-corrected chi connectivity index (χ0v) is 15.5. The minimum absolute atomic E-state index is 0.141. The predicted octanol–water partition coefficient (Wildman–Crippen LogP) is 1.89. The van der Waals surface area contributed by atoms with E-state index in [-0.39, 0.29) is 35.9 Å². The molecule has 1 aromatic heterocycles. The smallest absolute Gasteiger partial charge is 0.271 e. The van der Waals surface area contributed by atoms with Gasteiger partial charge >= 0.3 is 0 Å². The summed E-state index contributed by atoms with van der Waals surface area (Å²) in [6.07, 6.45) is 5.34. The Hall–Kier alpha value is -2.67. The molecular weight excluding hydrogens is 344 g/mol. The Labute approximate surface area is 158 Å². The average molecular weight is 370 g/mol. The Morgan fingerprint density at radius 3 is 2.52 bits per heavy atom. The molecule has 0 aliphatic heterocycles. The van der Waals surface area contributed by atoms with Gasteiger partial charge in [0.1, 0.15) is 11.7 Å². The van der Waals surface area contributed by atoms with Crippen molar-refractivity contribution in [3.8, 4) is 0 Å². The van der Waals surface area contributed by atoms with Crippen LogP contribution in [0.15, 0.2) is 36.4 Å². The number of nitrogens with zero attached hydrogens (tertiary/aromatic N) is 2. The molecule has 1 atom stereocenters. The fourth-order valence-electron chi connectivity index (χ4n) is 3.55. The van der Waals surface area contributed by atoms with E-state index >= 15 is 0 Å². The van der Waals surface area contributed by atoms with Gasteiger partial charge in [0.15, 0.2) is 5.69 Å². The van der Waals surface area contributed by atoms with Crippen molar-refractivity contribution in [1.82, 2.24) is 20.4 Å². The molecule has 0 bridgehead atoms. The summed E-state index contributed by atoms with van der Waals surface area (Å²) in [4.78, 5) is 25.0. The van der Waals surface area contributed by atoms with E-state index in [2.05, 4.69) is 15.7 Å². The summed E-state index contributed by atoms with van der Waals surface area (Å²) in [6.45, 7) is -0.234. The van der Waals surface area contributed by atoms with Gasteiger partial charge in [-0.05, 0) is 18.4 Å². The van der Waals surface area contributed by atoms with Gasteiger partial charge in [0.25, 0.3) is 11.8 Å². The maximum absolute atomic E-state index is 12.9. The molecular formula is C20H26N4O3. The van der Waals surface area contributed by atoms with Crippen molar-refractivity contribution in [1.29, 1.82) is 0 Å². The molecule has 27 heavy (non-hydrogen) atoms. The van der Waals surface area contributed by atoms with Crippen LogP contribution in [0.25, 0.3) is 0 Å². The summed E-state index contributed by atoms with van der Waals surface area (Å²) >= 11 is 0. The zero-order valence-electron chi connectivity index (χ0n) is 15.5. The lowest BCUT2D eigenvalue weighted by Crippen LogP contribution is -2.37. The first-order valence-corrected chi connectivity index (χ1v) is 9.42. The first kappa shape index (κ1) is 19.1. The van der Waals surface area contributed by atoms with E-state index in [9.17, 15) is 14.7 Å². The van der Waals surface area contributed by atoms with Gasteiger partial charge in [-0.3, -0.25) is 9.59 Å². The lowest BCUT2D eigenvalue weighted by molar-refractivity contribution is 0.0910. The van der Waals surface area contributed by atoms with E-state index in [0.29, 0.717) is 0 Å². The lowest BCUT2D eigenvalue weighted by Gasteiger charge is -2.24. The van der Waals surface area contributed by atoms with E-state index < -0.39 is 6.04 Å². The molecule has 0 spiro atoms. The van der Waals surface area contributed by atoms with Crippen LogP contribution in [0.2, 0.25) is 0 Å². The van der Waals surface area contributed by atoms with Crippen LogP contribution in [0, 0.1) is 0 Å². The highest BCUT2D eigenvalue weighted by molar-refractivity contribution is 5.98. The SMILES string of the molecule is CNC(=O)c1cc(C(=O)NC2CCCCC2)n([C@@H](CO)c2ccccc2)n1. The topological polar surface area (TPSA) is 96.2 Å². The Kier molecular flexibility index (Phi) is 6.24. The number of benzene rings is 1. The van der Waals surface area contributed by atoms with Gasteiger partial charge in [-0.25, -0.2) is 4.68 Å². The van der Waals surface area contributed by atoms with Crippen molar-refractivity contribution >= 4 is 11.8 Å². The maximum atomic E-state index is 12.9. The fraction of sp³-hybridized carbons (Fsp3) is 0.450. The number of aromatic nitrogens is 2. The van der Waals surface area contributed by atoms with Gasteiger partial charge in [-0.1, -0.05) is 49.6 Å². The molecule has 0 unspecified atom stereocenters. The Morgan fingerprint density at radius 2 is 1.89 bits per heavy atom. The average Bonchev–Trinajstić information content (AvgIpc) is 3.15. The zero-order chi connectivity index (χ0) is 19.2. The molecule has 0 radical (unpaired) electrons. The highest BCUT2D eigenvalue weighted by atomic mass is 16.3. The Bertz CT molecular complexity index is 782. The van der Waals surface area contributed by atoms with Crippen molar-refractivity contribution in [2.45, 2.75) is 44.2 Å². The van der Waals surface area contributed by atoms with Gasteiger partial charge < -0.3 is 15.7 Å².